The number of nitrogens with zero attached hydrogens (tertiary/aromatic N) is 2. The van der Waals surface area contributed by atoms with Crippen LogP contribution < -0.4 is 0 Å². The van der Waals surface area contributed by atoms with Crippen LogP contribution in [0.3, 0.4) is 0 Å². The number of fused-ring (bicyclic) bond motifs is 2. The maximum atomic E-state index is 12.8. The Morgan fingerprint density at radius 1 is 1.00 bits per heavy atom. The first-order valence-electron chi connectivity index (χ1n) is 13.4. The lowest BCUT2D eigenvalue weighted by Gasteiger charge is -2.39. The van der Waals surface area contributed by atoms with E-state index in [4.69, 9.17) is 14.0 Å². The summed E-state index contributed by atoms with van der Waals surface area (Å²) in [5.74, 6) is 2.19. The SMILES string of the molecule is CC(C)(C)OC(=O)N1C2CC[C@H]1C[C@H](OCc1c(C3CCC4(CC3)CC4)noc1C1CC1)C2. The monoisotopic (exact) mass is 456 g/mol. The van der Waals surface area contributed by atoms with Gasteiger partial charge in [0.1, 0.15) is 11.4 Å². The smallest absolute Gasteiger partial charge is 0.410 e. The van der Waals surface area contributed by atoms with Crippen LogP contribution in [0.4, 0.5) is 4.79 Å². The third kappa shape index (κ3) is 4.44. The highest BCUT2D eigenvalue weighted by molar-refractivity contribution is 5.69. The van der Waals surface area contributed by atoms with E-state index in [2.05, 4.69) is 5.16 Å². The lowest BCUT2D eigenvalue weighted by Crippen LogP contribution is -2.50. The molecule has 6 rings (SSSR count). The van der Waals surface area contributed by atoms with Gasteiger partial charge in [-0.3, -0.25) is 0 Å². The zero-order valence-corrected chi connectivity index (χ0v) is 20.6. The summed E-state index contributed by atoms with van der Waals surface area (Å²) in [5, 5.41) is 4.62. The Hall–Kier alpha value is -1.56. The molecule has 1 aromatic rings. The highest BCUT2D eigenvalue weighted by Crippen LogP contribution is 2.59. The van der Waals surface area contributed by atoms with Gasteiger partial charge in [0.15, 0.2) is 0 Å². The van der Waals surface area contributed by atoms with Crippen molar-refractivity contribution >= 4 is 6.09 Å². The number of aromatic nitrogens is 1. The van der Waals surface area contributed by atoms with Crippen molar-refractivity contribution < 1.29 is 18.8 Å². The van der Waals surface area contributed by atoms with Crippen molar-refractivity contribution in [1.29, 1.82) is 0 Å². The summed E-state index contributed by atoms with van der Waals surface area (Å²) in [6, 6.07) is 0.475. The van der Waals surface area contributed by atoms with Gasteiger partial charge in [-0.05, 0) is 103 Å². The van der Waals surface area contributed by atoms with Crippen LogP contribution in [0, 0.1) is 5.41 Å². The zero-order chi connectivity index (χ0) is 22.8. The van der Waals surface area contributed by atoms with E-state index in [1.165, 1.54) is 62.6 Å². The fraction of sp³-hybridized carbons (Fsp3) is 0.852. The average Bonchev–Trinajstić information content (AvgIpc) is 3.68. The molecule has 2 aliphatic heterocycles. The number of ether oxygens (including phenoxy) is 2. The van der Waals surface area contributed by atoms with Gasteiger partial charge in [0.05, 0.1) is 18.4 Å². The minimum atomic E-state index is -0.452. The minimum absolute atomic E-state index is 0.156. The summed E-state index contributed by atoms with van der Waals surface area (Å²) < 4.78 is 18.2. The Morgan fingerprint density at radius 3 is 2.24 bits per heavy atom. The summed E-state index contributed by atoms with van der Waals surface area (Å²) in [5.41, 5.74) is 2.70. The molecule has 1 unspecified atom stereocenters. The second-order valence-electron chi connectivity index (χ2n) is 12.6. The molecule has 6 nitrogen and oxygen atoms in total. The van der Waals surface area contributed by atoms with Crippen LogP contribution in [-0.4, -0.2) is 39.9 Å². The minimum Gasteiger partial charge on any atom is -0.444 e. The van der Waals surface area contributed by atoms with Gasteiger partial charge < -0.3 is 18.9 Å². The van der Waals surface area contributed by atoms with Crippen LogP contribution in [0.5, 0.6) is 0 Å². The number of piperidine rings is 1. The van der Waals surface area contributed by atoms with Gasteiger partial charge in [0.2, 0.25) is 0 Å². The molecule has 33 heavy (non-hydrogen) atoms. The lowest BCUT2D eigenvalue weighted by atomic mass is 9.77. The molecule has 1 amide bonds. The van der Waals surface area contributed by atoms with Crippen molar-refractivity contribution in [1.82, 2.24) is 10.1 Å². The largest absolute Gasteiger partial charge is 0.444 e. The molecule has 3 heterocycles. The first-order valence-corrected chi connectivity index (χ1v) is 13.4. The van der Waals surface area contributed by atoms with Crippen molar-refractivity contribution in [3.05, 3.63) is 17.0 Å². The van der Waals surface area contributed by atoms with Gasteiger partial charge >= 0.3 is 6.09 Å². The molecule has 3 aliphatic carbocycles. The van der Waals surface area contributed by atoms with E-state index >= 15 is 0 Å². The molecule has 0 N–H and O–H groups in total. The van der Waals surface area contributed by atoms with Gasteiger partial charge in [-0.2, -0.15) is 0 Å². The van der Waals surface area contributed by atoms with Crippen LogP contribution in [-0.2, 0) is 16.1 Å². The molecule has 0 radical (unpaired) electrons. The molecule has 0 aromatic carbocycles. The lowest BCUT2D eigenvalue weighted by molar-refractivity contribution is -0.0400. The number of amides is 1. The standard InChI is InChI=1S/C27H40N2O4/c1-26(2,3)32-25(30)29-19-6-7-20(29)15-21(14-19)31-16-22-23(28-33-24(22)18-4-5-18)17-8-10-27(11-9-17)12-13-27/h17-21H,4-16H2,1-3H3/t19-,20?,21-/m0/s1. The first-order chi connectivity index (χ1) is 15.8. The molecule has 5 fully saturated rings. The molecule has 2 saturated heterocycles. The second kappa shape index (κ2) is 8.00. The summed E-state index contributed by atoms with van der Waals surface area (Å²) in [6.45, 7) is 6.43. The normalized spacial score (nSPS) is 31.2. The predicted octanol–water partition coefficient (Wildman–Crippen LogP) is 6.44. The Kier molecular flexibility index (Phi) is 5.32. The molecule has 1 aromatic heterocycles. The van der Waals surface area contributed by atoms with Crippen molar-refractivity contribution in [2.45, 2.75) is 140 Å². The molecule has 182 valence electrons. The number of carbonyl (C=O) groups is 1. The van der Waals surface area contributed by atoms with Crippen LogP contribution >= 0.6 is 0 Å². The molecule has 1 spiro atoms. The number of carbonyl (C=O) groups excluding carboxylic acids is 1. The quantitative estimate of drug-likeness (QED) is 0.510. The van der Waals surface area contributed by atoms with Gasteiger partial charge in [0.25, 0.3) is 0 Å². The maximum absolute atomic E-state index is 12.8. The van der Waals surface area contributed by atoms with E-state index in [0.717, 1.165) is 31.4 Å². The summed E-state index contributed by atoms with van der Waals surface area (Å²) in [4.78, 5) is 14.8. The third-order valence-corrected chi connectivity index (χ3v) is 8.94. The van der Waals surface area contributed by atoms with Gasteiger partial charge in [-0.25, -0.2) is 4.79 Å². The van der Waals surface area contributed by atoms with Crippen LogP contribution in [0.1, 0.15) is 127 Å². The molecule has 5 aliphatic rings. The summed E-state index contributed by atoms with van der Waals surface area (Å²) >= 11 is 0. The average molecular weight is 457 g/mol. The van der Waals surface area contributed by atoms with Crippen LogP contribution in [0.15, 0.2) is 4.52 Å². The zero-order valence-electron chi connectivity index (χ0n) is 20.6. The van der Waals surface area contributed by atoms with E-state index in [-0.39, 0.29) is 24.3 Å². The third-order valence-electron chi connectivity index (χ3n) is 8.94. The van der Waals surface area contributed by atoms with Crippen molar-refractivity contribution in [3.8, 4) is 0 Å². The summed E-state index contributed by atoms with van der Waals surface area (Å²) in [7, 11) is 0. The highest BCUT2D eigenvalue weighted by Gasteiger charge is 2.47. The van der Waals surface area contributed by atoms with Crippen molar-refractivity contribution in [3.63, 3.8) is 0 Å². The van der Waals surface area contributed by atoms with Gasteiger partial charge in [-0.1, -0.05) is 5.16 Å². The van der Waals surface area contributed by atoms with Crippen molar-refractivity contribution in [2.75, 3.05) is 0 Å². The fourth-order valence-corrected chi connectivity index (χ4v) is 6.72. The van der Waals surface area contributed by atoms with E-state index in [9.17, 15) is 4.79 Å². The van der Waals surface area contributed by atoms with E-state index in [1.54, 1.807) is 0 Å². The number of hydrogen-bond donors (Lipinski definition) is 0. The molecule has 3 saturated carbocycles. The van der Waals surface area contributed by atoms with E-state index in [1.807, 2.05) is 25.7 Å². The van der Waals surface area contributed by atoms with Crippen molar-refractivity contribution in [2.24, 2.45) is 5.41 Å². The maximum Gasteiger partial charge on any atom is 0.410 e. The molecule has 2 bridgehead atoms. The molecular formula is C27H40N2O4. The topological polar surface area (TPSA) is 64.8 Å². The Balaban J connectivity index is 1.11. The second-order valence-corrected chi connectivity index (χ2v) is 12.6. The van der Waals surface area contributed by atoms with Crippen LogP contribution in [0.2, 0.25) is 0 Å². The molecule has 3 atom stereocenters. The Morgan fingerprint density at radius 2 is 1.67 bits per heavy atom. The van der Waals surface area contributed by atoms with E-state index < -0.39 is 5.60 Å². The molecular weight excluding hydrogens is 416 g/mol. The van der Waals surface area contributed by atoms with Gasteiger partial charge in [0, 0.05) is 29.5 Å². The van der Waals surface area contributed by atoms with Crippen LogP contribution in [0.25, 0.3) is 0 Å². The Labute approximate surface area is 197 Å². The molecule has 6 heteroatoms. The predicted molar refractivity (Wildman–Crippen MR) is 124 cm³/mol. The summed E-state index contributed by atoms with van der Waals surface area (Å²) in [6.07, 6.45) is 14.5. The first kappa shape index (κ1) is 21.9. The van der Waals surface area contributed by atoms with E-state index in [0.29, 0.717) is 23.9 Å². The number of rotatable bonds is 5. The van der Waals surface area contributed by atoms with Gasteiger partial charge in [-0.15, -0.1) is 0 Å². The number of hydrogen-bond acceptors (Lipinski definition) is 5. The highest BCUT2D eigenvalue weighted by atomic mass is 16.6. The fourth-order valence-electron chi connectivity index (χ4n) is 6.72. The Bertz CT molecular complexity index is 870.